The number of amides is 1. The van der Waals surface area contributed by atoms with Gasteiger partial charge in [-0.2, -0.15) is 0 Å². The Hall–Kier alpha value is -0.570. The number of rotatable bonds is 7. The maximum absolute atomic E-state index is 12.2. The minimum atomic E-state index is 0.0607. The van der Waals surface area contributed by atoms with Crippen LogP contribution < -0.4 is 5.32 Å². The lowest BCUT2D eigenvalue weighted by molar-refractivity contribution is -0.130. The molecule has 0 spiro atoms. The lowest BCUT2D eigenvalue weighted by Crippen LogP contribution is -2.38. The summed E-state index contributed by atoms with van der Waals surface area (Å²) in [5.41, 5.74) is 0. The fourth-order valence-corrected chi connectivity index (χ4v) is 2.49. The van der Waals surface area contributed by atoms with Crippen LogP contribution in [0.3, 0.4) is 0 Å². The van der Waals surface area contributed by atoms with E-state index in [2.05, 4.69) is 37.9 Å². The highest BCUT2D eigenvalue weighted by Crippen LogP contribution is 2.18. The molecule has 1 N–H and O–H groups in total. The van der Waals surface area contributed by atoms with Crippen LogP contribution in [0.25, 0.3) is 0 Å². The molecule has 1 aliphatic heterocycles. The first kappa shape index (κ1) is 14.5. The molecule has 1 amide bonds. The smallest absolute Gasteiger partial charge is 0.241 e. The summed E-state index contributed by atoms with van der Waals surface area (Å²) in [6, 6.07) is 0.0607. The van der Waals surface area contributed by atoms with Crippen molar-refractivity contribution in [2.75, 3.05) is 6.54 Å². The minimum Gasteiger partial charge on any atom is -0.326 e. The summed E-state index contributed by atoms with van der Waals surface area (Å²) in [5, 5.41) is 3.46. The Morgan fingerprint density at radius 2 is 2.06 bits per heavy atom. The molecule has 0 radical (unpaired) electrons. The van der Waals surface area contributed by atoms with Gasteiger partial charge in [0.25, 0.3) is 0 Å². The van der Waals surface area contributed by atoms with E-state index in [1.54, 1.807) is 0 Å². The average Bonchev–Trinajstić information content (AvgIpc) is 2.57. The number of hydrogen-bond donors (Lipinski definition) is 1. The molecule has 1 heterocycles. The topological polar surface area (TPSA) is 32.3 Å². The SMILES string of the molecule is CCCC1NC(CC)C(=O)N1CCCC(C)C. The van der Waals surface area contributed by atoms with Crippen molar-refractivity contribution >= 4 is 5.91 Å². The lowest BCUT2D eigenvalue weighted by atomic mass is 10.1. The molecule has 2 unspecified atom stereocenters. The Morgan fingerprint density at radius 1 is 1.35 bits per heavy atom. The molecule has 0 aliphatic carbocycles. The van der Waals surface area contributed by atoms with Crippen LogP contribution in [0.2, 0.25) is 0 Å². The first-order chi connectivity index (χ1) is 8.10. The van der Waals surface area contributed by atoms with Gasteiger partial charge in [0.05, 0.1) is 12.2 Å². The fraction of sp³-hybridized carbons (Fsp3) is 0.929. The van der Waals surface area contributed by atoms with Gasteiger partial charge in [-0.1, -0.05) is 34.1 Å². The quantitative estimate of drug-likeness (QED) is 0.742. The Balaban J connectivity index is 2.49. The maximum Gasteiger partial charge on any atom is 0.241 e. The molecule has 1 fully saturated rings. The third kappa shape index (κ3) is 3.98. The second-order valence-corrected chi connectivity index (χ2v) is 5.50. The molecule has 1 aliphatic rings. The van der Waals surface area contributed by atoms with Crippen LogP contribution >= 0.6 is 0 Å². The van der Waals surface area contributed by atoms with Gasteiger partial charge >= 0.3 is 0 Å². The van der Waals surface area contributed by atoms with Gasteiger partial charge in [-0.15, -0.1) is 0 Å². The fourth-order valence-electron chi connectivity index (χ4n) is 2.49. The molecule has 0 aromatic heterocycles. The molecule has 17 heavy (non-hydrogen) atoms. The van der Waals surface area contributed by atoms with E-state index in [0.717, 1.165) is 38.1 Å². The highest BCUT2D eigenvalue weighted by molar-refractivity contribution is 5.84. The Kier molecular flexibility index (Phi) is 5.96. The van der Waals surface area contributed by atoms with Gasteiger partial charge in [-0.05, 0) is 31.6 Å². The molecular weight excluding hydrogens is 212 g/mol. The highest BCUT2D eigenvalue weighted by Gasteiger charge is 2.36. The highest BCUT2D eigenvalue weighted by atomic mass is 16.2. The summed E-state index contributed by atoms with van der Waals surface area (Å²) in [4.78, 5) is 14.2. The van der Waals surface area contributed by atoms with Crippen LogP contribution in [0.1, 0.15) is 59.8 Å². The van der Waals surface area contributed by atoms with E-state index >= 15 is 0 Å². The summed E-state index contributed by atoms with van der Waals surface area (Å²) >= 11 is 0. The zero-order valence-electron chi connectivity index (χ0n) is 11.8. The number of carbonyl (C=O) groups excluding carboxylic acids is 1. The Labute approximate surface area is 106 Å². The average molecular weight is 240 g/mol. The molecule has 100 valence electrons. The predicted octanol–water partition coefficient (Wildman–Crippen LogP) is 2.76. The molecular formula is C14H28N2O. The van der Waals surface area contributed by atoms with E-state index in [9.17, 15) is 4.79 Å². The summed E-state index contributed by atoms with van der Waals surface area (Å²) in [5.74, 6) is 1.04. The Morgan fingerprint density at radius 3 is 2.59 bits per heavy atom. The van der Waals surface area contributed by atoms with E-state index in [1.165, 1.54) is 6.42 Å². The van der Waals surface area contributed by atoms with E-state index in [1.807, 2.05) is 0 Å². The van der Waals surface area contributed by atoms with E-state index < -0.39 is 0 Å². The van der Waals surface area contributed by atoms with Gasteiger partial charge in [0.2, 0.25) is 5.91 Å². The van der Waals surface area contributed by atoms with Gasteiger partial charge < -0.3 is 4.90 Å². The van der Waals surface area contributed by atoms with E-state index in [0.29, 0.717) is 5.91 Å². The molecule has 3 heteroatoms. The summed E-state index contributed by atoms with van der Waals surface area (Å²) in [6.45, 7) is 9.66. The zero-order chi connectivity index (χ0) is 12.8. The summed E-state index contributed by atoms with van der Waals surface area (Å²) < 4.78 is 0. The molecule has 2 atom stereocenters. The van der Waals surface area contributed by atoms with Crippen LogP contribution in [0.15, 0.2) is 0 Å². The summed E-state index contributed by atoms with van der Waals surface area (Å²) in [6.07, 6.45) is 5.72. The van der Waals surface area contributed by atoms with Crippen molar-refractivity contribution in [3.63, 3.8) is 0 Å². The second kappa shape index (κ2) is 7.00. The molecule has 1 saturated heterocycles. The minimum absolute atomic E-state index is 0.0607. The normalized spacial score (nSPS) is 25.0. The number of nitrogens with zero attached hydrogens (tertiary/aromatic N) is 1. The van der Waals surface area contributed by atoms with Gasteiger partial charge in [-0.25, -0.2) is 0 Å². The van der Waals surface area contributed by atoms with E-state index in [4.69, 9.17) is 0 Å². The predicted molar refractivity (Wildman–Crippen MR) is 71.7 cm³/mol. The molecule has 0 saturated carbocycles. The van der Waals surface area contributed by atoms with Crippen LogP contribution in [-0.2, 0) is 4.79 Å². The zero-order valence-corrected chi connectivity index (χ0v) is 11.8. The van der Waals surface area contributed by atoms with Crippen LogP contribution in [0.4, 0.5) is 0 Å². The molecule has 1 rings (SSSR count). The third-order valence-corrected chi connectivity index (χ3v) is 3.50. The van der Waals surface area contributed by atoms with Gasteiger partial charge in [0.15, 0.2) is 0 Å². The Bertz CT molecular complexity index is 240. The molecule has 0 aromatic rings. The van der Waals surface area contributed by atoms with Crippen molar-refractivity contribution in [2.24, 2.45) is 5.92 Å². The van der Waals surface area contributed by atoms with Crippen LogP contribution in [0, 0.1) is 5.92 Å². The largest absolute Gasteiger partial charge is 0.326 e. The van der Waals surface area contributed by atoms with Crippen molar-refractivity contribution in [1.29, 1.82) is 0 Å². The van der Waals surface area contributed by atoms with Crippen molar-refractivity contribution < 1.29 is 4.79 Å². The summed E-state index contributed by atoms with van der Waals surface area (Å²) in [7, 11) is 0. The number of carbonyl (C=O) groups is 1. The van der Waals surface area contributed by atoms with Crippen LogP contribution in [-0.4, -0.2) is 29.6 Å². The molecule has 0 aromatic carbocycles. The molecule has 0 bridgehead atoms. The van der Waals surface area contributed by atoms with Crippen LogP contribution in [0.5, 0.6) is 0 Å². The molecule has 3 nitrogen and oxygen atoms in total. The standard InChI is InChI=1S/C14H28N2O/c1-5-8-13-15-12(6-2)14(17)16(13)10-7-9-11(3)4/h11-13,15H,5-10H2,1-4H3. The number of nitrogens with one attached hydrogen (secondary N) is 1. The maximum atomic E-state index is 12.2. The van der Waals surface area contributed by atoms with Gasteiger partial charge in [0, 0.05) is 6.54 Å². The first-order valence-corrected chi connectivity index (χ1v) is 7.16. The van der Waals surface area contributed by atoms with Gasteiger partial charge in [0.1, 0.15) is 0 Å². The van der Waals surface area contributed by atoms with E-state index in [-0.39, 0.29) is 12.2 Å². The third-order valence-electron chi connectivity index (χ3n) is 3.50. The van der Waals surface area contributed by atoms with Crippen molar-refractivity contribution in [3.8, 4) is 0 Å². The monoisotopic (exact) mass is 240 g/mol. The van der Waals surface area contributed by atoms with Crippen molar-refractivity contribution in [1.82, 2.24) is 10.2 Å². The van der Waals surface area contributed by atoms with Crippen molar-refractivity contribution in [3.05, 3.63) is 0 Å². The van der Waals surface area contributed by atoms with Crippen molar-refractivity contribution in [2.45, 2.75) is 72.0 Å². The lowest BCUT2D eigenvalue weighted by Gasteiger charge is -2.24. The number of hydrogen-bond acceptors (Lipinski definition) is 2. The van der Waals surface area contributed by atoms with Gasteiger partial charge in [-0.3, -0.25) is 10.1 Å². The second-order valence-electron chi connectivity index (χ2n) is 5.50. The first-order valence-electron chi connectivity index (χ1n) is 7.16.